The van der Waals surface area contributed by atoms with Gasteiger partial charge in [-0.25, -0.2) is 9.97 Å². The summed E-state index contributed by atoms with van der Waals surface area (Å²) in [5, 5.41) is 3.15. The Balaban J connectivity index is 2.82. The molecule has 18 heavy (non-hydrogen) atoms. The Morgan fingerprint density at radius 2 is 2.17 bits per heavy atom. The molecule has 0 aromatic carbocycles. The Labute approximate surface area is 108 Å². The van der Waals surface area contributed by atoms with Crippen LogP contribution in [-0.4, -0.2) is 36.5 Å². The summed E-state index contributed by atoms with van der Waals surface area (Å²) < 4.78 is 4.97. The topological polar surface area (TPSA) is 64.1 Å². The first-order valence-corrected chi connectivity index (χ1v) is 6.04. The number of hydrogen-bond donors (Lipinski definition) is 1. The molecule has 0 saturated carbocycles. The highest BCUT2D eigenvalue weighted by molar-refractivity contribution is 5.81. The van der Waals surface area contributed by atoms with Crippen LogP contribution < -0.4 is 5.32 Å². The Hall–Kier alpha value is -1.49. The predicted molar refractivity (Wildman–Crippen MR) is 71.1 cm³/mol. The van der Waals surface area contributed by atoms with E-state index in [0.29, 0.717) is 18.0 Å². The van der Waals surface area contributed by atoms with E-state index in [0.717, 1.165) is 25.1 Å². The van der Waals surface area contributed by atoms with Crippen molar-refractivity contribution in [3.05, 3.63) is 17.6 Å². The number of ether oxygens (including phenoxy) is 1. The largest absolute Gasteiger partial charge is 0.385 e. The first-order chi connectivity index (χ1) is 8.49. The van der Waals surface area contributed by atoms with Gasteiger partial charge in [-0.2, -0.15) is 0 Å². The molecule has 0 unspecified atom stereocenters. The van der Waals surface area contributed by atoms with E-state index in [4.69, 9.17) is 4.74 Å². The Bertz CT molecular complexity index is 400. The molecule has 1 aromatic rings. The molecule has 0 fully saturated rings. The zero-order valence-electron chi connectivity index (χ0n) is 11.5. The van der Waals surface area contributed by atoms with Crippen LogP contribution >= 0.6 is 0 Å². The predicted octanol–water partition coefficient (Wildman–Crippen LogP) is 2.04. The maximum atomic E-state index is 10.9. The molecule has 1 heterocycles. The summed E-state index contributed by atoms with van der Waals surface area (Å²) in [5.41, 5.74) is 0.352. The summed E-state index contributed by atoms with van der Waals surface area (Å²) in [6, 6.07) is 0. The van der Waals surface area contributed by atoms with Gasteiger partial charge in [-0.05, 0) is 6.42 Å². The average molecular weight is 251 g/mol. The molecular weight excluding hydrogens is 230 g/mol. The summed E-state index contributed by atoms with van der Waals surface area (Å²) in [7, 11) is 1.67. The highest BCUT2D eigenvalue weighted by Gasteiger charge is 2.18. The van der Waals surface area contributed by atoms with Crippen LogP contribution in [0.3, 0.4) is 0 Å². The lowest BCUT2D eigenvalue weighted by Gasteiger charge is -2.18. The number of aldehydes is 1. The van der Waals surface area contributed by atoms with Gasteiger partial charge in [0.25, 0.3) is 0 Å². The number of nitrogens with one attached hydrogen (secondary N) is 1. The molecule has 1 N–H and O–H groups in total. The standard InChI is InChI=1S/C13H21N3O2/c1-13(2,3)12-15-8-10(9-17)11(16-12)14-6-5-7-18-4/h8-9H,5-7H2,1-4H3,(H,14,15,16). The van der Waals surface area contributed by atoms with Crippen molar-refractivity contribution in [2.75, 3.05) is 25.6 Å². The molecule has 0 aliphatic heterocycles. The lowest BCUT2D eigenvalue weighted by Crippen LogP contribution is -2.18. The summed E-state index contributed by atoms with van der Waals surface area (Å²) in [5.74, 6) is 1.32. The molecule has 1 aromatic heterocycles. The molecule has 0 spiro atoms. The van der Waals surface area contributed by atoms with E-state index in [1.54, 1.807) is 13.3 Å². The fraction of sp³-hybridized carbons (Fsp3) is 0.615. The minimum Gasteiger partial charge on any atom is -0.385 e. The molecule has 5 heteroatoms. The lowest BCUT2D eigenvalue weighted by atomic mass is 9.95. The average Bonchev–Trinajstić information content (AvgIpc) is 2.33. The molecule has 5 nitrogen and oxygen atoms in total. The molecule has 100 valence electrons. The van der Waals surface area contributed by atoms with Gasteiger partial charge < -0.3 is 10.1 Å². The van der Waals surface area contributed by atoms with Crippen LogP contribution in [-0.2, 0) is 10.2 Å². The van der Waals surface area contributed by atoms with Gasteiger partial charge in [-0.1, -0.05) is 20.8 Å². The molecular formula is C13H21N3O2. The van der Waals surface area contributed by atoms with E-state index in [2.05, 4.69) is 15.3 Å². The zero-order valence-corrected chi connectivity index (χ0v) is 11.5. The summed E-state index contributed by atoms with van der Waals surface area (Å²) in [6.45, 7) is 7.52. The van der Waals surface area contributed by atoms with Crippen molar-refractivity contribution in [1.82, 2.24) is 9.97 Å². The SMILES string of the molecule is COCCCNc1nc(C(C)(C)C)ncc1C=O. The molecule has 0 amide bonds. The monoisotopic (exact) mass is 251 g/mol. The van der Waals surface area contributed by atoms with E-state index < -0.39 is 0 Å². The van der Waals surface area contributed by atoms with Crippen molar-refractivity contribution in [2.45, 2.75) is 32.6 Å². The number of anilines is 1. The number of carbonyl (C=O) groups excluding carboxylic acids is 1. The number of nitrogens with zero attached hydrogens (tertiary/aromatic N) is 2. The molecule has 0 saturated heterocycles. The van der Waals surface area contributed by atoms with Gasteiger partial charge in [0.05, 0.1) is 5.56 Å². The van der Waals surface area contributed by atoms with Gasteiger partial charge in [-0.3, -0.25) is 4.79 Å². The Morgan fingerprint density at radius 1 is 1.44 bits per heavy atom. The molecule has 0 atom stereocenters. The third-order valence-corrected chi connectivity index (χ3v) is 2.43. The number of aromatic nitrogens is 2. The van der Waals surface area contributed by atoms with Crippen molar-refractivity contribution >= 4 is 12.1 Å². The minimum absolute atomic E-state index is 0.135. The van der Waals surface area contributed by atoms with Crippen LogP contribution in [0.4, 0.5) is 5.82 Å². The maximum absolute atomic E-state index is 10.9. The van der Waals surface area contributed by atoms with Crippen LogP contribution in [0.2, 0.25) is 0 Å². The number of rotatable bonds is 6. The number of methoxy groups -OCH3 is 1. The zero-order chi connectivity index (χ0) is 13.6. The number of hydrogen-bond acceptors (Lipinski definition) is 5. The summed E-state index contributed by atoms with van der Waals surface area (Å²) >= 11 is 0. The van der Waals surface area contributed by atoms with E-state index in [1.165, 1.54) is 0 Å². The van der Waals surface area contributed by atoms with Crippen molar-refractivity contribution in [2.24, 2.45) is 0 Å². The maximum Gasteiger partial charge on any atom is 0.155 e. The van der Waals surface area contributed by atoms with Crippen LogP contribution in [0.5, 0.6) is 0 Å². The Morgan fingerprint density at radius 3 is 2.72 bits per heavy atom. The van der Waals surface area contributed by atoms with Crippen LogP contribution in [0.1, 0.15) is 43.4 Å². The van der Waals surface area contributed by atoms with Crippen LogP contribution in [0.15, 0.2) is 6.20 Å². The lowest BCUT2D eigenvalue weighted by molar-refractivity contribution is 0.112. The highest BCUT2D eigenvalue weighted by Crippen LogP contribution is 2.20. The molecule has 0 aliphatic carbocycles. The molecule has 0 radical (unpaired) electrons. The van der Waals surface area contributed by atoms with Crippen LogP contribution in [0.25, 0.3) is 0 Å². The third-order valence-electron chi connectivity index (χ3n) is 2.43. The van der Waals surface area contributed by atoms with E-state index >= 15 is 0 Å². The van der Waals surface area contributed by atoms with Gasteiger partial charge in [0, 0.05) is 31.9 Å². The summed E-state index contributed by atoms with van der Waals surface area (Å²) in [4.78, 5) is 19.6. The highest BCUT2D eigenvalue weighted by atomic mass is 16.5. The van der Waals surface area contributed by atoms with Crippen molar-refractivity contribution < 1.29 is 9.53 Å². The van der Waals surface area contributed by atoms with Crippen molar-refractivity contribution in [1.29, 1.82) is 0 Å². The van der Waals surface area contributed by atoms with Gasteiger partial charge in [0.1, 0.15) is 11.6 Å². The normalized spacial score (nSPS) is 11.3. The van der Waals surface area contributed by atoms with E-state index in [-0.39, 0.29) is 5.41 Å². The Kier molecular flexibility index (Phi) is 5.22. The molecule has 0 aliphatic rings. The first kappa shape index (κ1) is 14.6. The minimum atomic E-state index is -0.135. The smallest absolute Gasteiger partial charge is 0.155 e. The van der Waals surface area contributed by atoms with Crippen LogP contribution in [0, 0.1) is 0 Å². The fourth-order valence-electron chi connectivity index (χ4n) is 1.40. The second-order valence-corrected chi connectivity index (χ2v) is 5.14. The molecule has 0 bridgehead atoms. The second-order valence-electron chi connectivity index (χ2n) is 5.14. The molecule has 1 rings (SSSR count). The van der Waals surface area contributed by atoms with Gasteiger partial charge >= 0.3 is 0 Å². The van der Waals surface area contributed by atoms with Gasteiger partial charge in [0.15, 0.2) is 6.29 Å². The van der Waals surface area contributed by atoms with Gasteiger partial charge in [-0.15, -0.1) is 0 Å². The van der Waals surface area contributed by atoms with Gasteiger partial charge in [0.2, 0.25) is 0 Å². The fourth-order valence-corrected chi connectivity index (χ4v) is 1.40. The van der Waals surface area contributed by atoms with Crippen molar-refractivity contribution in [3.8, 4) is 0 Å². The van der Waals surface area contributed by atoms with E-state index in [1.807, 2.05) is 20.8 Å². The number of carbonyl (C=O) groups is 1. The van der Waals surface area contributed by atoms with Crippen molar-refractivity contribution in [3.63, 3.8) is 0 Å². The first-order valence-electron chi connectivity index (χ1n) is 6.04. The third kappa shape index (κ3) is 4.07. The van der Waals surface area contributed by atoms with E-state index in [9.17, 15) is 4.79 Å². The summed E-state index contributed by atoms with van der Waals surface area (Å²) in [6.07, 6.45) is 3.20. The quantitative estimate of drug-likeness (QED) is 0.619. The second kappa shape index (κ2) is 6.44.